The summed E-state index contributed by atoms with van der Waals surface area (Å²) in [5, 5.41) is 3.39. The standard InChI is InChI=1S/C20H24FIN6O2/c1-10(2)24-5-4-6-28-16(25-17-18(23)26-20(21)27-19(17)28)8-12-7-14-15(9-13(12)22)30-11(3)29-14/h7,9-11,24H,4-6,8H2,1-3H3,(H2,23,26,27). The number of nitrogen functional groups attached to an aromatic ring is 1. The molecule has 2 aromatic heterocycles. The van der Waals surface area contributed by atoms with Crippen molar-refractivity contribution in [2.75, 3.05) is 12.3 Å². The summed E-state index contributed by atoms with van der Waals surface area (Å²) in [6, 6.07) is 4.33. The molecule has 0 radical (unpaired) electrons. The summed E-state index contributed by atoms with van der Waals surface area (Å²) in [6.45, 7) is 7.53. The Morgan fingerprint density at radius 3 is 2.70 bits per heavy atom. The van der Waals surface area contributed by atoms with Gasteiger partial charge in [-0.15, -0.1) is 0 Å². The molecule has 0 aliphatic carbocycles. The van der Waals surface area contributed by atoms with Crippen LogP contribution in [0.25, 0.3) is 11.2 Å². The molecule has 8 nitrogen and oxygen atoms in total. The van der Waals surface area contributed by atoms with Crippen molar-refractivity contribution >= 4 is 39.6 Å². The molecule has 3 N–H and O–H groups in total. The fraction of sp³-hybridized carbons (Fsp3) is 0.450. The van der Waals surface area contributed by atoms with E-state index in [2.05, 4.69) is 56.7 Å². The van der Waals surface area contributed by atoms with Crippen LogP contribution in [0, 0.1) is 9.65 Å². The summed E-state index contributed by atoms with van der Waals surface area (Å²) in [5.74, 6) is 2.26. The number of imidazole rings is 1. The average molecular weight is 526 g/mol. The zero-order valence-corrected chi connectivity index (χ0v) is 19.2. The van der Waals surface area contributed by atoms with Gasteiger partial charge in [-0.25, -0.2) is 4.98 Å². The quantitative estimate of drug-likeness (QED) is 0.277. The molecule has 4 rings (SSSR count). The fourth-order valence-electron chi connectivity index (χ4n) is 3.49. The number of nitrogens with zero attached hydrogens (tertiary/aromatic N) is 4. The lowest BCUT2D eigenvalue weighted by atomic mass is 10.1. The summed E-state index contributed by atoms with van der Waals surface area (Å²) in [4.78, 5) is 12.3. The molecule has 160 valence electrons. The number of anilines is 1. The normalized spacial score (nSPS) is 15.5. The van der Waals surface area contributed by atoms with Gasteiger partial charge in [-0.3, -0.25) is 0 Å². The van der Waals surface area contributed by atoms with Crippen LogP contribution in [0.3, 0.4) is 0 Å². The number of aryl methyl sites for hydroxylation is 1. The Balaban J connectivity index is 1.68. The average Bonchev–Trinajstić information content (AvgIpc) is 3.18. The summed E-state index contributed by atoms with van der Waals surface area (Å²) < 4.78 is 28.2. The van der Waals surface area contributed by atoms with Gasteiger partial charge in [0.25, 0.3) is 0 Å². The van der Waals surface area contributed by atoms with Crippen molar-refractivity contribution in [2.24, 2.45) is 0 Å². The SMILES string of the molecule is CC(C)NCCCn1c(Cc2cc3c(cc2I)OC(C)O3)nc2c(N)nc(F)nc21. The van der Waals surface area contributed by atoms with Gasteiger partial charge in [0.15, 0.2) is 28.5 Å². The Hall–Kier alpha value is -2.21. The number of nitrogens with two attached hydrogens (primary N) is 1. The van der Waals surface area contributed by atoms with E-state index in [1.165, 1.54) is 0 Å². The second-order valence-electron chi connectivity index (χ2n) is 7.56. The molecule has 1 aliphatic rings. The third-order valence-corrected chi connectivity index (χ3v) is 5.84. The molecule has 0 saturated carbocycles. The number of hydrogen-bond donors (Lipinski definition) is 2. The van der Waals surface area contributed by atoms with Gasteiger partial charge < -0.3 is 25.1 Å². The number of aromatic nitrogens is 4. The van der Waals surface area contributed by atoms with E-state index in [0.29, 0.717) is 35.9 Å². The maximum atomic E-state index is 13.9. The molecule has 3 aromatic rings. The zero-order chi connectivity index (χ0) is 21.4. The second-order valence-corrected chi connectivity index (χ2v) is 8.72. The first-order chi connectivity index (χ1) is 14.3. The van der Waals surface area contributed by atoms with Gasteiger partial charge in [-0.1, -0.05) is 13.8 Å². The molecule has 1 unspecified atom stereocenters. The lowest BCUT2D eigenvalue weighted by molar-refractivity contribution is 0.0678. The van der Waals surface area contributed by atoms with E-state index in [9.17, 15) is 4.39 Å². The van der Waals surface area contributed by atoms with E-state index in [0.717, 1.165) is 33.7 Å². The van der Waals surface area contributed by atoms with Crippen LogP contribution in [-0.2, 0) is 13.0 Å². The third kappa shape index (κ3) is 4.29. The maximum Gasteiger partial charge on any atom is 0.312 e. The summed E-state index contributed by atoms with van der Waals surface area (Å²) in [7, 11) is 0. The lowest BCUT2D eigenvalue weighted by Crippen LogP contribution is -2.24. The van der Waals surface area contributed by atoms with Gasteiger partial charge in [-0.05, 0) is 53.3 Å². The Labute approximate surface area is 187 Å². The summed E-state index contributed by atoms with van der Waals surface area (Å²) in [5.41, 5.74) is 7.81. The van der Waals surface area contributed by atoms with Gasteiger partial charge in [0.2, 0.25) is 6.29 Å². The molecule has 0 spiro atoms. The largest absolute Gasteiger partial charge is 0.451 e. The minimum Gasteiger partial charge on any atom is -0.451 e. The highest BCUT2D eigenvalue weighted by Crippen LogP contribution is 2.38. The number of rotatable bonds is 7. The monoisotopic (exact) mass is 526 g/mol. The highest BCUT2D eigenvalue weighted by molar-refractivity contribution is 14.1. The molecule has 3 heterocycles. The van der Waals surface area contributed by atoms with Crippen LogP contribution >= 0.6 is 22.6 Å². The van der Waals surface area contributed by atoms with Crippen molar-refractivity contribution in [2.45, 2.75) is 52.5 Å². The number of halogens is 2. The molecule has 0 saturated heterocycles. The van der Waals surface area contributed by atoms with Gasteiger partial charge >= 0.3 is 6.08 Å². The van der Waals surface area contributed by atoms with Crippen LogP contribution in [0.1, 0.15) is 38.6 Å². The molecule has 1 aromatic carbocycles. The van der Waals surface area contributed by atoms with Crippen molar-refractivity contribution in [1.29, 1.82) is 0 Å². The van der Waals surface area contributed by atoms with Crippen LogP contribution in [0.4, 0.5) is 10.2 Å². The molecule has 0 bridgehead atoms. The van der Waals surface area contributed by atoms with Crippen LogP contribution in [0.5, 0.6) is 11.5 Å². The van der Waals surface area contributed by atoms with Crippen LogP contribution in [0.15, 0.2) is 12.1 Å². The van der Waals surface area contributed by atoms with Crippen molar-refractivity contribution < 1.29 is 13.9 Å². The zero-order valence-electron chi connectivity index (χ0n) is 17.1. The Morgan fingerprint density at radius 2 is 1.97 bits per heavy atom. The minimum absolute atomic E-state index is 0.0482. The smallest absolute Gasteiger partial charge is 0.312 e. The first-order valence-corrected chi connectivity index (χ1v) is 11.0. The van der Waals surface area contributed by atoms with Crippen LogP contribution in [0.2, 0.25) is 0 Å². The van der Waals surface area contributed by atoms with Crippen molar-refractivity contribution in [1.82, 2.24) is 24.8 Å². The molecule has 30 heavy (non-hydrogen) atoms. The highest BCUT2D eigenvalue weighted by Gasteiger charge is 2.23. The first-order valence-electron chi connectivity index (χ1n) is 9.89. The predicted molar refractivity (Wildman–Crippen MR) is 120 cm³/mol. The van der Waals surface area contributed by atoms with Gasteiger partial charge in [0, 0.05) is 29.5 Å². The number of benzene rings is 1. The van der Waals surface area contributed by atoms with Crippen LogP contribution in [-0.4, -0.2) is 38.4 Å². The summed E-state index contributed by atoms with van der Waals surface area (Å²) in [6.07, 6.45) is 0.220. The maximum absolute atomic E-state index is 13.9. The topological polar surface area (TPSA) is 100 Å². The number of fused-ring (bicyclic) bond motifs is 2. The van der Waals surface area contributed by atoms with Gasteiger partial charge in [0.05, 0.1) is 0 Å². The third-order valence-electron chi connectivity index (χ3n) is 4.83. The predicted octanol–water partition coefficient (Wildman–Crippen LogP) is 3.25. The van der Waals surface area contributed by atoms with E-state index in [1.54, 1.807) is 0 Å². The molecule has 0 amide bonds. The molecule has 10 heteroatoms. The fourth-order valence-corrected chi connectivity index (χ4v) is 4.12. The highest BCUT2D eigenvalue weighted by atomic mass is 127. The van der Waals surface area contributed by atoms with Crippen molar-refractivity contribution in [3.8, 4) is 11.5 Å². The van der Waals surface area contributed by atoms with Gasteiger partial charge in [-0.2, -0.15) is 14.4 Å². The minimum atomic E-state index is -0.848. The Kier molecular flexibility index (Phi) is 5.96. The Morgan fingerprint density at radius 1 is 1.23 bits per heavy atom. The van der Waals surface area contributed by atoms with E-state index in [4.69, 9.17) is 15.2 Å². The van der Waals surface area contributed by atoms with Crippen molar-refractivity contribution in [3.63, 3.8) is 0 Å². The van der Waals surface area contributed by atoms with Gasteiger partial charge in [0.1, 0.15) is 5.82 Å². The van der Waals surface area contributed by atoms with Crippen molar-refractivity contribution in [3.05, 3.63) is 33.2 Å². The number of ether oxygens (including phenoxy) is 2. The van der Waals surface area contributed by atoms with E-state index in [-0.39, 0.29) is 12.1 Å². The number of hydrogen-bond acceptors (Lipinski definition) is 7. The van der Waals surface area contributed by atoms with E-state index >= 15 is 0 Å². The van der Waals surface area contributed by atoms with E-state index in [1.807, 2.05) is 23.6 Å². The lowest BCUT2D eigenvalue weighted by Gasteiger charge is -2.12. The molecule has 0 fully saturated rings. The van der Waals surface area contributed by atoms with Crippen LogP contribution < -0.4 is 20.5 Å². The molecular weight excluding hydrogens is 502 g/mol. The van der Waals surface area contributed by atoms with E-state index < -0.39 is 6.08 Å². The summed E-state index contributed by atoms with van der Waals surface area (Å²) >= 11 is 2.28. The first kappa shape index (κ1) is 21.0. The number of nitrogens with one attached hydrogen (secondary N) is 1. The molecule has 1 aliphatic heterocycles. The molecular formula is C20H24FIN6O2. The molecule has 1 atom stereocenters. The second kappa shape index (κ2) is 8.50. The Bertz CT molecular complexity index is 1090.